The molecule has 5 N–H and O–H groups in total. The van der Waals surface area contributed by atoms with Crippen LogP contribution >= 0.6 is 0 Å². The van der Waals surface area contributed by atoms with Crippen molar-refractivity contribution in [2.24, 2.45) is 23.5 Å². The van der Waals surface area contributed by atoms with E-state index in [0.717, 1.165) is 48.3 Å². The Balaban J connectivity index is 1.49. The van der Waals surface area contributed by atoms with Gasteiger partial charge < -0.3 is 31.2 Å². The number of aromatic nitrogens is 2. The number of amides is 2. The average molecular weight is 583 g/mol. The van der Waals surface area contributed by atoms with Crippen LogP contribution in [0.25, 0.3) is 0 Å². The Bertz CT molecular complexity index is 1200. The molecule has 2 unspecified atom stereocenters. The molecule has 1 aromatic heterocycles. The number of carbonyl (C=O) groups excluding carboxylic acids is 2. The van der Waals surface area contributed by atoms with Crippen molar-refractivity contribution in [1.82, 2.24) is 20.4 Å². The number of alkyl carbamates (subject to hydrolysis) is 1. The topological polar surface area (TPSA) is 133 Å². The zero-order chi connectivity index (χ0) is 29.6. The van der Waals surface area contributed by atoms with Gasteiger partial charge in [0.2, 0.25) is 5.91 Å². The fourth-order valence-electron chi connectivity index (χ4n) is 4.90. The summed E-state index contributed by atoms with van der Waals surface area (Å²) >= 11 is 0. The second kappa shape index (κ2) is 13.2. The number of methoxy groups -OCH3 is 1. The highest BCUT2D eigenvalue weighted by Gasteiger charge is 2.48. The SMILES string of the molecule is COCC(/C(=C/N)NCC(F)(F)F)n1cc(NC(=O)C(NC(=O)OCc2ccccc2)C(C2CC2)C2CC2)c(F)n1. The van der Waals surface area contributed by atoms with Crippen molar-refractivity contribution in [3.63, 3.8) is 0 Å². The number of hydrogen-bond acceptors (Lipinski definition) is 7. The zero-order valence-corrected chi connectivity index (χ0v) is 22.5. The number of benzene rings is 1. The predicted octanol–water partition coefficient (Wildman–Crippen LogP) is 3.83. The molecular formula is C27H34F4N6O4. The molecule has 0 spiro atoms. The molecule has 2 saturated carbocycles. The number of alkyl halides is 3. The van der Waals surface area contributed by atoms with E-state index in [2.05, 4.69) is 21.0 Å². The van der Waals surface area contributed by atoms with Gasteiger partial charge in [-0.3, -0.25) is 9.48 Å². The van der Waals surface area contributed by atoms with Gasteiger partial charge in [-0.1, -0.05) is 30.3 Å². The van der Waals surface area contributed by atoms with Gasteiger partial charge in [0.1, 0.15) is 30.9 Å². The number of halogens is 4. The minimum Gasteiger partial charge on any atom is -0.445 e. The maximum atomic E-state index is 14.9. The molecule has 10 nitrogen and oxygen atoms in total. The molecule has 14 heteroatoms. The molecule has 0 aliphatic heterocycles. The number of nitrogens with two attached hydrogens (primary N) is 1. The molecule has 41 heavy (non-hydrogen) atoms. The second-order valence-electron chi connectivity index (χ2n) is 10.3. The third-order valence-electron chi connectivity index (χ3n) is 7.11. The molecule has 1 heterocycles. The zero-order valence-electron chi connectivity index (χ0n) is 22.5. The predicted molar refractivity (Wildman–Crippen MR) is 141 cm³/mol. The first-order valence-electron chi connectivity index (χ1n) is 13.3. The lowest BCUT2D eigenvalue weighted by Crippen LogP contribution is -2.50. The molecule has 2 amide bonds. The van der Waals surface area contributed by atoms with Crippen LogP contribution in [-0.4, -0.2) is 54.3 Å². The van der Waals surface area contributed by atoms with E-state index in [4.69, 9.17) is 15.2 Å². The molecule has 0 saturated heterocycles. The Hall–Kier alpha value is -3.81. The van der Waals surface area contributed by atoms with E-state index in [1.807, 2.05) is 18.2 Å². The van der Waals surface area contributed by atoms with E-state index in [1.165, 1.54) is 7.11 Å². The number of nitrogens with zero attached hydrogens (tertiary/aromatic N) is 2. The van der Waals surface area contributed by atoms with Crippen molar-refractivity contribution in [3.05, 3.63) is 59.9 Å². The van der Waals surface area contributed by atoms with Gasteiger partial charge in [0, 0.05) is 13.3 Å². The Labute approximate surface area is 234 Å². The summed E-state index contributed by atoms with van der Waals surface area (Å²) in [4.78, 5) is 26.2. The number of ether oxygens (including phenoxy) is 2. The quantitative estimate of drug-likeness (QED) is 0.249. The van der Waals surface area contributed by atoms with Gasteiger partial charge in [-0.25, -0.2) is 4.79 Å². The van der Waals surface area contributed by atoms with Crippen LogP contribution in [0.1, 0.15) is 37.3 Å². The van der Waals surface area contributed by atoms with Gasteiger partial charge in [-0.15, -0.1) is 5.10 Å². The normalized spacial score (nSPS) is 17.2. The smallest absolute Gasteiger partial charge is 0.408 e. The molecular weight excluding hydrogens is 548 g/mol. The number of hydrogen-bond donors (Lipinski definition) is 4. The van der Waals surface area contributed by atoms with Crippen LogP contribution in [0.3, 0.4) is 0 Å². The third-order valence-corrected chi connectivity index (χ3v) is 7.11. The molecule has 224 valence electrons. The van der Waals surface area contributed by atoms with Crippen molar-refractivity contribution < 1.29 is 36.6 Å². The monoisotopic (exact) mass is 582 g/mol. The van der Waals surface area contributed by atoms with E-state index >= 15 is 0 Å². The maximum Gasteiger partial charge on any atom is 0.408 e. The lowest BCUT2D eigenvalue weighted by molar-refractivity contribution is -0.123. The van der Waals surface area contributed by atoms with E-state index in [-0.39, 0.29) is 42.4 Å². The molecule has 2 atom stereocenters. The van der Waals surface area contributed by atoms with Crippen molar-refractivity contribution in [3.8, 4) is 0 Å². The first kappa shape index (κ1) is 30.2. The van der Waals surface area contributed by atoms with Gasteiger partial charge in [0.15, 0.2) is 0 Å². The molecule has 4 rings (SSSR count). The minimum atomic E-state index is -4.52. The van der Waals surface area contributed by atoms with Crippen molar-refractivity contribution >= 4 is 17.7 Å². The highest BCUT2D eigenvalue weighted by molar-refractivity contribution is 5.96. The second-order valence-corrected chi connectivity index (χ2v) is 10.3. The average Bonchev–Trinajstić information content (AvgIpc) is 3.87. The van der Waals surface area contributed by atoms with Gasteiger partial charge >= 0.3 is 12.3 Å². The summed E-state index contributed by atoms with van der Waals surface area (Å²) in [6, 6.07) is 7.04. The highest BCUT2D eigenvalue weighted by atomic mass is 19.4. The Morgan fingerprint density at radius 3 is 2.39 bits per heavy atom. The Morgan fingerprint density at radius 2 is 1.83 bits per heavy atom. The van der Waals surface area contributed by atoms with E-state index in [0.29, 0.717) is 0 Å². The van der Waals surface area contributed by atoms with E-state index in [1.54, 1.807) is 12.1 Å². The van der Waals surface area contributed by atoms with Crippen LogP contribution in [0, 0.1) is 23.7 Å². The maximum absolute atomic E-state index is 14.9. The standard InChI is InChI=1S/C27H34F4N6O4/c1-40-14-21(19(11-32)33-15-27(29,30)31)37-12-20(24(28)36-37)34-25(38)23(22(17-7-8-17)18-9-10-18)35-26(39)41-13-16-5-3-2-4-6-16/h2-6,11-12,17-18,21-23,33H,7-10,13-15,32H2,1H3,(H,34,38)(H,35,39)/b19-11-. The summed E-state index contributed by atoms with van der Waals surface area (Å²) in [5.74, 6) is -1.34. The summed E-state index contributed by atoms with van der Waals surface area (Å²) < 4.78 is 64.7. The van der Waals surface area contributed by atoms with Crippen LogP contribution in [0.4, 0.5) is 28.0 Å². The first-order valence-corrected chi connectivity index (χ1v) is 13.3. The summed E-state index contributed by atoms with van der Waals surface area (Å²) in [6.07, 6.45) is 0.472. The van der Waals surface area contributed by atoms with Crippen molar-refractivity contribution in [2.45, 2.75) is 50.6 Å². The Morgan fingerprint density at radius 1 is 1.17 bits per heavy atom. The van der Waals surface area contributed by atoms with Crippen LogP contribution in [0.15, 0.2) is 48.4 Å². The fourth-order valence-corrected chi connectivity index (χ4v) is 4.90. The van der Waals surface area contributed by atoms with Gasteiger partial charge in [-0.2, -0.15) is 17.6 Å². The molecule has 2 aliphatic carbocycles. The summed E-state index contributed by atoms with van der Waals surface area (Å²) in [7, 11) is 1.32. The lowest BCUT2D eigenvalue weighted by Gasteiger charge is -2.27. The van der Waals surface area contributed by atoms with Crippen LogP contribution < -0.4 is 21.7 Å². The molecule has 2 aromatic rings. The number of anilines is 1. The molecule has 2 fully saturated rings. The minimum absolute atomic E-state index is 0.0141. The lowest BCUT2D eigenvalue weighted by atomic mass is 9.89. The number of rotatable bonds is 14. The molecule has 0 radical (unpaired) electrons. The van der Waals surface area contributed by atoms with Gasteiger partial charge in [-0.05, 0) is 49.0 Å². The van der Waals surface area contributed by atoms with Crippen LogP contribution in [0.2, 0.25) is 0 Å². The van der Waals surface area contributed by atoms with Crippen molar-refractivity contribution in [1.29, 1.82) is 0 Å². The van der Waals surface area contributed by atoms with E-state index in [9.17, 15) is 27.2 Å². The highest BCUT2D eigenvalue weighted by Crippen LogP contribution is 2.51. The van der Waals surface area contributed by atoms with Crippen molar-refractivity contribution in [2.75, 3.05) is 25.6 Å². The van der Waals surface area contributed by atoms with Crippen LogP contribution in [0.5, 0.6) is 0 Å². The third kappa shape index (κ3) is 8.59. The molecule has 2 aliphatic rings. The van der Waals surface area contributed by atoms with Gasteiger partial charge in [0.05, 0.1) is 18.5 Å². The van der Waals surface area contributed by atoms with E-state index < -0.39 is 42.8 Å². The fraction of sp³-hybridized carbons (Fsp3) is 0.519. The summed E-state index contributed by atoms with van der Waals surface area (Å²) in [5, 5.41) is 11.1. The molecule has 1 aromatic carbocycles. The van der Waals surface area contributed by atoms with Crippen LogP contribution in [-0.2, 0) is 20.9 Å². The Kier molecular flexibility index (Phi) is 9.73. The first-order chi connectivity index (χ1) is 19.6. The van der Waals surface area contributed by atoms with Gasteiger partial charge in [0.25, 0.3) is 5.95 Å². The number of carbonyl (C=O) groups is 2. The largest absolute Gasteiger partial charge is 0.445 e. The number of nitrogens with one attached hydrogen (secondary N) is 3. The molecule has 0 bridgehead atoms. The summed E-state index contributed by atoms with van der Waals surface area (Å²) in [6.45, 7) is -1.55. The summed E-state index contributed by atoms with van der Waals surface area (Å²) in [5.41, 5.74) is 5.91.